The number of carbonyl (C=O) groups excluding carboxylic acids is 1. The summed E-state index contributed by atoms with van der Waals surface area (Å²) in [4.78, 5) is 12.5. The van der Waals surface area contributed by atoms with E-state index in [4.69, 9.17) is 14.2 Å². The highest BCUT2D eigenvalue weighted by atomic mass is 16.5. The molecule has 0 saturated heterocycles. The molecule has 3 rings (SSSR count). The summed E-state index contributed by atoms with van der Waals surface area (Å²) in [6.45, 7) is 1.72. The standard InChI is InChI=1S/C21H21NO4/c1-14(26-18-10-6-8-15-7-4-5-9-17(15)18)21(23)22-16-11-12-19(24-2)20(13-16)25-3/h4-14H,1-3H3,(H,22,23)/t14-/m0/s1. The van der Waals surface area contributed by atoms with Gasteiger partial charge in [0.15, 0.2) is 17.6 Å². The molecule has 0 bridgehead atoms. The van der Waals surface area contributed by atoms with Gasteiger partial charge in [0.2, 0.25) is 0 Å². The van der Waals surface area contributed by atoms with E-state index < -0.39 is 6.10 Å². The number of ether oxygens (including phenoxy) is 3. The molecule has 0 spiro atoms. The van der Waals surface area contributed by atoms with Gasteiger partial charge in [-0.3, -0.25) is 4.79 Å². The van der Waals surface area contributed by atoms with E-state index in [9.17, 15) is 4.79 Å². The smallest absolute Gasteiger partial charge is 0.265 e. The Morgan fingerprint density at radius 3 is 2.38 bits per heavy atom. The molecule has 134 valence electrons. The van der Waals surface area contributed by atoms with Crippen LogP contribution in [0.1, 0.15) is 6.92 Å². The zero-order chi connectivity index (χ0) is 18.5. The van der Waals surface area contributed by atoms with Crippen molar-refractivity contribution >= 4 is 22.4 Å². The summed E-state index contributed by atoms with van der Waals surface area (Å²) in [5, 5.41) is 4.88. The summed E-state index contributed by atoms with van der Waals surface area (Å²) in [6, 6.07) is 18.9. The molecule has 3 aromatic rings. The second-order valence-corrected chi connectivity index (χ2v) is 5.80. The number of nitrogens with one attached hydrogen (secondary N) is 1. The molecular formula is C21H21NO4. The Hall–Kier alpha value is -3.21. The monoisotopic (exact) mass is 351 g/mol. The average molecular weight is 351 g/mol. The van der Waals surface area contributed by atoms with Gasteiger partial charge in [0.25, 0.3) is 5.91 Å². The fourth-order valence-electron chi connectivity index (χ4n) is 2.70. The number of anilines is 1. The maximum Gasteiger partial charge on any atom is 0.265 e. The predicted octanol–water partition coefficient (Wildman–Crippen LogP) is 4.26. The summed E-state index contributed by atoms with van der Waals surface area (Å²) in [5.74, 6) is 1.58. The van der Waals surface area contributed by atoms with Gasteiger partial charge >= 0.3 is 0 Å². The number of fused-ring (bicyclic) bond motifs is 1. The van der Waals surface area contributed by atoms with Gasteiger partial charge in [0, 0.05) is 17.1 Å². The van der Waals surface area contributed by atoms with E-state index in [0.29, 0.717) is 22.9 Å². The van der Waals surface area contributed by atoms with Crippen LogP contribution in [0.4, 0.5) is 5.69 Å². The molecule has 0 aliphatic carbocycles. The highest BCUT2D eigenvalue weighted by Crippen LogP contribution is 2.30. The van der Waals surface area contributed by atoms with Gasteiger partial charge in [-0.25, -0.2) is 0 Å². The molecule has 0 unspecified atom stereocenters. The first kappa shape index (κ1) is 17.6. The van der Waals surface area contributed by atoms with Crippen molar-refractivity contribution in [1.82, 2.24) is 0 Å². The first-order valence-electron chi connectivity index (χ1n) is 8.29. The molecule has 0 saturated carbocycles. The number of rotatable bonds is 6. The van der Waals surface area contributed by atoms with Crippen LogP contribution in [0.15, 0.2) is 60.7 Å². The fourth-order valence-corrected chi connectivity index (χ4v) is 2.70. The van der Waals surface area contributed by atoms with Crippen LogP contribution in [0.5, 0.6) is 17.2 Å². The third kappa shape index (κ3) is 3.72. The van der Waals surface area contributed by atoms with Crippen LogP contribution in [-0.4, -0.2) is 26.2 Å². The third-order valence-corrected chi connectivity index (χ3v) is 4.07. The van der Waals surface area contributed by atoms with E-state index in [2.05, 4.69) is 5.32 Å². The number of hydrogen-bond donors (Lipinski definition) is 1. The number of hydrogen-bond acceptors (Lipinski definition) is 4. The van der Waals surface area contributed by atoms with Crippen molar-refractivity contribution in [3.63, 3.8) is 0 Å². The first-order valence-corrected chi connectivity index (χ1v) is 8.29. The Kier molecular flexibility index (Phi) is 5.27. The largest absolute Gasteiger partial charge is 0.493 e. The molecule has 3 aromatic carbocycles. The second kappa shape index (κ2) is 7.78. The Bertz CT molecular complexity index is 918. The van der Waals surface area contributed by atoms with Crippen molar-refractivity contribution in [3.05, 3.63) is 60.7 Å². The van der Waals surface area contributed by atoms with Gasteiger partial charge in [0.05, 0.1) is 14.2 Å². The molecule has 0 heterocycles. The molecule has 1 amide bonds. The van der Waals surface area contributed by atoms with Gasteiger partial charge in [-0.2, -0.15) is 0 Å². The average Bonchev–Trinajstić information content (AvgIpc) is 2.68. The maximum absolute atomic E-state index is 12.5. The normalized spacial score (nSPS) is 11.7. The first-order chi connectivity index (χ1) is 12.6. The van der Waals surface area contributed by atoms with E-state index in [1.165, 1.54) is 0 Å². The van der Waals surface area contributed by atoms with Crippen LogP contribution in [-0.2, 0) is 4.79 Å². The van der Waals surface area contributed by atoms with Gasteiger partial charge < -0.3 is 19.5 Å². The van der Waals surface area contributed by atoms with Gasteiger partial charge in [-0.15, -0.1) is 0 Å². The predicted molar refractivity (Wildman–Crippen MR) is 102 cm³/mol. The molecule has 0 aliphatic heterocycles. The topological polar surface area (TPSA) is 56.8 Å². The summed E-state index contributed by atoms with van der Waals surface area (Å²) < 4.78 is 16.4. The molecule has 0 aromatic heterocycles. The summed E-state index contributed by atoms with van der Waals surface area (Å²) in [7, 11) is 3.12. The second-order valence-electron chi connectivity index (χ2n) is 5.80. The van der Waals surface area contributed by atoms with E-state index in [0.717, 1.165) is 10.8 Å². The lowest BCUT2D eigenvalue weighted by Crippen LogP contribution is -2.30. The zero-order valence-electron chi connectivity index (χ0n) is 15.0. The minimum Gasteiger partial charge on any atom is -0.493 e. The number of amides is 1. The van der Waals surface area contributed by atoms with Crippen LogP contribution in [0.2, 0.25) is 0 Å². The van der Waals surface area contributed by atoms with Crippen molar-refractivity contribution < 1.29 is 19.0 Å². The lowest BCUT2D eigenvalue weighted by Gasteiger charge is -2.17. The third-order valence-electron chi connectivity index (χ3n) is 4.07. The highest BCUT2D eigenvalue weighted by molar-refractivity contribution is 5.95. The van der Waals surface area contributed by atoms with Crippen LogP contribution < -0.4 is 19.5 Å². The van der Waals surface area contributed by atoms with Crippen molar-refractivity contribution in [1.29, 1.82) is 0 Å². The van der Waals surface area contributed by atoms with E-state index in [-0.39, 0.29) is 5.91 Å². The number of carbonyl (C=O) groups is 1. The fraction of sp³-hybridized carbons (Fsp3) is 0.190. The minimum absolute atomic E-state index is 0.245. The van der Waals surface area contributed by atoms with E-state index in [1.54, 1.807) is 39.3 Å². The number of benzene rings is 3. The molecule has 5 nitrogen and oxygen atoms in total. The lowest BCUT2D eigenvalue weighted by atomic mass is 10.1. The van der Waals surface area contributed by atoms with Crippen LogP contribution in [0.3, 0.4) is 0 Å². The van der Waals surface area contributed by atoms with Crippen LogP contribution in [0, 0.1) is 0 Å². The Morgan fingerprint density at radius 1 is 0.885 bits per heavy atom. The molecular weight excluding hydrogens is 330 g/mol. The quantitative estimate of drug-likeness (QED) is 0.721. The molecule has 1 atom stereocenters. The summed E-state index contributed by atoms with van der Waals surface area (Å²) in [5.41, 5.74) is 0.612. The van der Waals surface area contributed by atoms with Crippen molar-refractivity contribution in [2.24, 2.45) is 0 Å². The summed E-state index contributed by atoms with van der Waals surface area (Å²) >= 11 is 0. The summed E-state index contributed by atoms with van der Waals surface area (Å²) in [6.07, 6.45) is -0.658. The van der Waals surface area contributed by atoms with Gasteiger partial charge in [0.1, 0.15) is 5.75 Å². The Balaban J connectivity index is 1.74. The van der Waals surface area contributed by atoms with Gasteiger partial charge in [-0.1, -0.05) is 36.4 Å². The van der Waals surface area contributed by atoms with Crippen molar-refractivity contribution in [2.45, 2.75) is 13.0 Å². The highest BCUT2D eigenvalue weighted by Gasteiger charge is 2.17. The van der Waals surface area contributed by atoms with E-state index >= 15 is 0 Å². The number of methoxy groups -OCH3 is 2. The van der Waals surface area contributed by atoms with Gasteiger partial charge in [-0.05, 0) is 30.5 Å². The zero-order valence-corrected chi connectivity index (χ0v) is 15.0. The molecule has 0 radical (unpaired) electrons. The lowest BCUT2D eigenvalue weighted by molar-refractivity contribution is -0.122. The minimum atomic E-state index is -0.658. The molecule has 0 aliphatic rings. The Morgan fingerprint density at radius 2 is 1.62 bits per heavy atom. The Labute approximate surface area is 152 Å². The molecule has 0 fully saturated rings. The van der Waals surface area contributed by atoms with Crippen LogP contribution in [0.25, 0.3) is 10.8 Å². The molecule has 1 N–H and O–H groups in total. The van der Waals surface area contributed by atoms with Crippen molar-refractivity contribution in [2.75, 3.05) is 19.5 Å². The SMILES string of the molecule is COc1ccc(NC(=O)[C@H](C)Oc2cccc3ccccc23)cc1OC. The van der Waals surface area contributed by atoms with Crippen LogP contribution >= 0.6 is 0 Å². The maximum atomic E-state index is 12.5. The molecule has 26 heavy (non-hydrogen) atoms. The van der Waals surface area contributed by atoms with E-state index in [1.807, 2.05) is 42.5 Å². The van der Waals surface area contributed by atoms with Crippen molar-refractivity contribution in [3.8, 4) is 17.2 Å². The molecule has 5 heteroatoms.